The SMILES string of the molecule is CC(C)NC(=O)Nc1ccc(NC(=O)Cc2ccc(Cl)cn2)cc1. The van der Waals surface area contributed by atoms with Crippen molar-refractivity contribution in [2.75, 3.05) is 10.6 Å². The molecular formula is C17H19ClN4O2. The zero-order valence-corrected chi connectivity index (χ0v) is 14.2. The summed E-state index contributed by atoms with van der Waals surface area (Å²) < 4.78 is 0. The van der Waals surface area contributed by atoms with Crippen LogP contribution in [0.25, 0.3) is 0 Å². The summed E-state index contributed by atoms with van der Waals surface area (Å²) in [6.45, 7) is 3.77. The Bertz CT molecular complexity index is 700. The van der Waals surface area contributed by atoms with E-state index in [1.807, 2.05) is 13.8 Å². The van der Waals surface area contributed by atoms with Gasteiger partial charge in [0.1, 0.15) is 0 Å². The zero-order valence-electron chi connectivity index (χ0n) is 13.5. The Morgan fingerprint density at radius 3 is 2.21 bits per heavy atom. The lowest BCUT2D eigenvalue weighted by Crippen LogP contribution is -2.34. The fraction of sp³-hybridized carbons (Fsp3) is 0.235. The number of nitrogens with zero attached hydrogens (tertiary/aromatic N) is 1. The zero-order chi connectivity index (χ0) is 17.5. The number of carbonyl (C=O) groups excluding carboxylic acids is 2. The molecule has 0 saturated carbocycles. The molecule has 0 fully saturated rings. The summed E-state index contributed by atoms with van der Waals surface area (Å²) in [7, 11) is 0. The molecular weight excluding hydrogens is 328 g/mol. The normalized spacial score (nSPS) is 10.3. The minimum Gasteiger partial charge on any atom is -0.336 e. The number of halogens is 1. The Morgan fingerprint density at radius 1 is 1.04 bits per heavy atom. The number of pyridine rings is 1. The van der Waals surface area contributed by atoms with Crippen molar-refractivity contribution in [1.29, 1.82) is 0 Å². The van der Waals surface area contributed by atoms with Gasteiger partial charge in [-0.2, -0.15) is 0 Å². The van der Waals surface area contributed by atoms with Crippen LogP contribution in [0.3, 0.4) is 0 Å². The number of amides is 3. The average molecular weight is 347 g/mol. The summed E-state index contributed by atoms with van der Waals surface area (Å²) in [5, 5.41) is 8.76. The lowest BCUT2D eigenvalue weighted by Gasteiger charge is -2.11. The van der Waals surface area contributed by atoms with E-state index in [1.165, 1.54) is 6.20 Å². The van der Waals surface area contributed by atoms with Gasteiger partial charge in [0.15, 0.2) is 0 Å². The van der Waals surface area contributed by atoms with Crippen molar-refractivity contribution in [2.24, 2.45) is 0 Å². The van der Waals surface area contributed by atoms with E-state index in [-0.39, 0.29) is 24.4 Å². The number of rotatable bonds is 5. The maximum Gasteiger partial charge on any atom is 0.319 e. The van der Waals surface area contributed by atoms with Crippen molar-refractivity contribution in [3.63, 3.8) is 0 Å². The van der Waals surface area contributed by atoms with Crippen LogP contribution in [0.5, 0.6) is 0 Å². The average Bonchev–Trinajstić information content (AvgIpc) is 2.51. The number of anilines is 2. The van der Waals surface area contributed by atoms with Gasteiger partial charge in [-0.25, -0.2) is 4.79 Å². The van der Waals surface area contributed by atoms with Crippen LogP contribution in [0.15, 0.2) is 42.6 Å². The van der Waals surface area contributed by atoms with Crippen molar-refractivity contribution in [1.82, 2.24) is 10.3 Å². The second-order valence-electron chi connectivity index (χ2n) is 5.52. The molecule has 0 radical (unpaired) electrons. The number of carbonyl (C=O) groups is 2. The second-order valence-corrected chi connectivity index (χ2v) is 5.96. The van der Waals surface area contributed by atoms with Gasteiger partial charge in [-0.1, -0.05) is 11.6 Å². The maximum atomic E-state index is 12.0. The van der Waals surface area contributed by atoms with Gasteiger partial charge in [-0.05, 0) is 50.2 Å². The first-order valence-corrected chi connectivity index (χ1v) is 7.88. The Hall–Kier alpha value is -2.60. The molecule has 0 saturated heterocycles. The van der Waals surface area contributed by atoms with Crippen LogP contribution in [-0.4, -0.2) is 23.0 Å². The number of hydrogen-bond donors (Lipinski definition) is 3. The van der Waals surface area contributed by atoms with Crippen LogP contribution >= 0.6 is 11.6 Å². The standard InChI is InChI=1S/C17H19ClN4O2/c1-11(2)20-17(24)22-14-7-5-13(6-8-14)21-16(23)9-15-4-3-12(18)10-19-15/h3-8,10-11H,9H2,1-2H3,(H,21,23)(H2,20,22,24). The Kier molecular flexibility index (Phi) is 6.14. The van der Waals surface area contributed by atoms with Crippen LogP contribution in [0.4, 0.5) is 16.2 Å². The third-order valence-electron chi connectivity index (χ3n) is 2.98. The van der Waals surface area contributed by atoms with E-state index in [1.54, 1.807) is 36.4 Å². The summed E-state index contributed by atoms with van der Waals surface area (Å²) in [5.74, 6) is -0.178. The van der Waals surface area contributed by atoms with E-state index in [0.29, 0.717) is 22.1 Å². The molecule has 0 atom stereocenters. The van der Waals surface area contributed by atoms with E-state index in [0.717, 1.165) is 0 Å². The molecule has 0 bridgehead atoms. The Morgan fingerprint density at radius 2 is 1.67 bits per heavy atom. The van der Waals surface area contributed by atoms with Gasteiger partial charge in [-0.15, -0.1) is 0 Å². The third-order valence-corrected chi connectivity index (χ3v) is 3.20. The molecule has 0 aliphatic rings. The van der Waals surface area contributed by atoms with Crippen LogP contribution in [0.2, 0.25) is 5.02 Å². The minimum atomic E-state index is -0.268. The molecule has 6 nitrogen and oxygen atoms in total. The minimum absolute atomic E-state index is 0.0602. The van der Waals surface area contributed by atoms with E-state index in [2.05, 4.69) is 20.9 Å². The summed E-state index contributed by atoms with van der Waals surface area (Å²) in [6, 6.07) is 10.1. The fourth-order valence-corrected chi connectivity index (χ4v) is 2.06. The highest BCUT2D eigenvalue weighted by Gasteiger charge is 2.06. The van der Waals surface area contributed by atoms with Gasteiger partial charge in [0.2, 0.25) is 5.91 Å². The predicted molar refractivity (Wildman–Crippen MR) is 95.3 cm³/mol. The molecule has 0 aliphatic heterocycles. The number of nitrogens with one attached hydrogen (secondary N) is 3. The summed E-state index contributed by atoms with van der Waals surface area (Å²) in [5.41, 5.74) is 1.93. The first kappa shape index (κ1) is 17.7. The lowest BCUT2D eigenvalue weighted by molar-refractivity contribution is -0.115. The van der Waals surface area contributed by atoms with Gasteiger partial charge >= 0.3 is 6.03 Å². The molecule has 2 rings (SSSR count). The highest BCUT2D eigenvalue weighted by molar-refractivity contribution is 6.30. The Balaban J connectivity index is 1.87. The molecule has 3 amide bonds. The van der Waals surface area contributed by atoms with Gasteiger partial charge in [0.05, 0.1) is 11.4 Å². The summed E-state index contributed by atoms with van der Waals surface area (Å²) >= 11 is 5.76. The summed E-state index contributed by atoms with van der Waals surface area (Å²) in [4.78, 5) is 27.7. The molecule has 1 aromatic heterocycles. The van der Waals surface area contributed by atoms with Crippen LogP contribution < -0.4 is 16.0 Å². The first-order chi connectivity index (χ1) is 11.4. The monoisotopic (exact) mass is 346 g/mol. The van der Waals surface area contributed by atoms with Gasteiger partial charge in [0.25, 0.3) is 0 Å². The molecule has 0 spiro atoms. The van der Waals surface area contributed by atoms with E-state index in [9.17, 15) is 9.59 Å². The lowest BCUT2D eigenvalue weighted by atomic mass is 10.2. The molecule has 2 aromatic rings. The highest BCUT2D eigenvalue weighted by atomic mass is 35.5. The van der Waals surface area contributed by atoms with Gasteiger partial charge in [0, 0.05) is 29.3 Å². The van der Waals surface area contributed by atoms with Crippen molar-refractivity contribution in [3.05, 3.63) is 53.3 Å². The van der Waals surface area contributed by atoms with E-state index >= 15 is 0 Å². The fourth-order valence-electron chi connectivity index (χ4n) is 1.95. The maximum absolute atomic E-state index is 12.0. The van der Waals surface area contributed by atoms with Gasteiger partial charge in [-0.3, -0.25) is 9.78 Å². The Labute approximate surface area is 145 Å². The van der Waals surface area contributed by atoms with Crippen molar-refractivity contribution in [2.45, 2.75) is 26.3 Å². The molecule has 126 valence electrons. The number of urea groups is 1. The van der Waals surface area contributed by atoms with Crippen molar-refractivity contribution in [3.8, 4) is 0 Å². The number of hydrogen-bond acceptors (Lipinski definition) is 3. The molecule has 24 heavy (non-hydrogen) atoms. The molecule has 0 aliphatic carbocycles. The first-order valence-electron chi connectivity index (χ1n) is 7.50. The smallest absolute Gasteiger partial charge is 0.319 e. The van der Waals surface area contributed by atoms with E-state index < -0.39 is 0 Å². The van der Waals surface area contributed by atoms with Crippen LogP contribution in [0.1, 0.15) is 19.5 Å². The summed E-state index contributed by atoms with van der Waals surface area (Å²) in [6.07, 6.45) is 1.67. The second kappa shape index (κ2) is 8.31. The van der Waals surface area contributed by atoms with Crippen molar-refractivity contribution >= 4 is 34.9 Å². The molecule has 1 aromatic carbocycles. The molecule has 7 heteroatoms. The topological polar surface area (TPSA) is 83.1 Å². The van der Waals surface area contributed by atoms with E-state index in [4.69, 9.17) is 11.6 Å². The predicted octanol–water partition coefficient (Wildman–Crippen LogP) is 3.45. The quantitative estimate of drug-likeness (QED) is 0.775. The number of benzene rings is 1. The molecule has 1 heterocycles. The molecule has 0 unspecified atom stereocenters. The highest BCUT2D eigenvalue weighted by Crippen LogP contribution is 2.14. The number of aromatic nitrogens is 1. The third kappa shape index (κ3) is 5.89. The van der Waals surface area contributed by atoms with Crippen LogP contribution in [0, 0.1) is 0 Å². The van der Waals surface area contributed by atoms with Crippen LogP contribution in [-0.2, 0) is 11.2 Å². The van der Waals surface area contributed by atoms with Gasteiger partial charge < -0.3 is 16.0 Å². The molecule has 3 N–H and O–H groups in total. The largest absolute Gasteiger partial charge is 0.336 e. The van der Waals surface area contributed by atoms with Crippen molar-refractivity contribution < 1.29 is 9.59 Å².